The molecule has 2 nitrogen and oxygen atoms in total. The van der Waals surface area contributed by atoms with E-state index < -0.39 is 15.7 Å². The maximum atomic E-state index is 11.0. The summed E-state index contributed by atoms with van der Waals surface area (Å²) < 4.78 is 2.77. The molecule has 0 fully saturated rings. The highest BCUT2D eigenvalue weighted by Gasteiger charge is 2.38. The lowest BCUT2D eigenvalue weighted by Crippen LogP contribution is -2.32. The van der Waals surface area contributed by atoms with Crippen molar-refractivity contribution in [2.45, 2.75) is 28.4 Å². The van der Waals surface area contributed by atoms with Crippen molar-refractivity contribution in [3.8, 4) is 0 Å². The first-order chi connectivity index (χ1) is 5.81. The standard InChI is InChI=1S/C7H10Cl4O2/c1-4(8)5(9)3-7(10,11)6(12)13-2/h4-5H,3H2,1-2H3. The number of hydrogen-bond donors (Lipinski definition) is 0. The Morgan fingerprint density at radius 1 is 1.46 bits per heavy atom. The zero-order chi connectivity index (χ0) is 10.6. The summed E-state index contributed by atoms with van der Waals surface area (Å²) in [5, 5.41) is -0.793. The average molecular weight is 268 g/mol. The third-order valence-electron chi connectivity index (χ3n) is 1.43. The summed E-state index contributed by atoms with van der Waals surface area (Å²) in [5.41, 5.74) is 0. The number of halogens is 4. The molecule has 0 N–H and O–H groups in total. The minimum atomic E-state index is -1.62. The van der Waals surface area contributed by atoms with E-state index >= 15 is 0 Å². The number of alkyl halides is 4. The Labute approximate surface area is 97.4 Å². The van der Waals surface area contributed by atoms with Crippen LogP contribution in [0.4, 0.5) is 0 Å². The number of carbonyl (C=O) groups is 1. The first-order valence-electron chi connectivity index (χ1n) is 3.55. The van der Waals surface area contributed by atoms with Crippen LogP contribution in [0.2, 0.25) is 0 Å². The van der Waals surface area contributed by atoms with Crippen molar-refractivity contribution >= 4 is 52.4 Å². The number of hydrogen-bond acceptors (Lipinski definition) is 2. The number of ether oxygens (including phenoxy) is 1. The summed E-state index contributed by atoms with van der Waals surface area (Å²) in [6.07, 6.45) is 0.0506. The summed E-state index contributed by atoms with van der Waals surface area (Å²) in [6.45, 7) is 1.69. The maximum absolute atomic E-state index is 11.0. The predicted octanol–water partition coefficient (Wildman–Crippen LogP) is 2.96. The number of carbonyl (C=O) groups excluding carboxylic acids is 1. The van der Waals surface area contributed by atoms with E-state index in [-0.39, 0.29) is 11.8 Å². The Balaban J connectivity index is 4.24. The van der Waals surface area contributed by atoms with Gasteiger partial charge in [-0.1, -0.05) is 23.2 Å². The van der Waals surface area contributed by atoms with E-state index in [2.05, 4.69) is 4.74 Å². The summed E-state index contributed by atoms with van der Waals surface area (Å²) in [4.78, 5) is 11.0. The van der Waals surface area contributed by atoms with Gasteiger partial charge in [0.1, 0.15) is 0 Å². The molecular weight excluding hydrogens is 258 g/mol. The van der Waals surface area contributed by atoms with Crippen molar-refractivity contribution in [1.82, 2.24) is 0 Å². The van der Waals surface area contributed by atoms with E-state index in [0.717, 1.165) is 0 Å². The highest BCUT2D eigenvalue weighted by atomic mass is 35.5. The van der Waals surface area contributed by atoms with Gasteiger partial charge in [0.25, 0.3) is 0 Å². The highest BCUT2D eigenvalue weighted by Crippen LogP contribution is 2.32. The molecule has 0 aliphatic heterocycles. The van der Waals surface area contributed by atoms with Crippen LogP contribution in [-0.2, 0) is 9.53 Å². The molecule has 0 aromatic carbocycles. The molecule has 13 heavy (non-hydrogen) atoms. The first kappa shape index (κ1) is 13.6. The molecule has 0 bridgehead atoms. The third kappa shape index (κ3) is 4.59. The van der Waals surface area contributed by atoms with Crippen LogP contribution in [0, 0.1) is 0 Å². The predicted molar refractivity (Wildman–Crippen MR) is 56.0 cm³/mol. The van der Waals surface area contributed by atoms with E-state index in [1.165, 1.54) is 7.11 Å². The Morgan fingerprint density at radius 2 is 1.92 bits per heavy atom. The van der Waals surface area contributed by atoms with Gasteiger partial charge in [0.15, 0.2) is 0 Å². The lowest BCUT2D eigenvalue weighted by Gasteiger charge is -2.20. The van der Waals surface area contributed by atoms with Gasteiger partial charge in [0, 0.05) is 11.8 Å². The fraction of sp³-hybridized carbons (Fsp3) is 0.857. The van der Waals surface area contributed by atoms with Crippen LogP contribution in [0.1, 0.15) is 13.3 Å². The normalized spacial score (nSPS) is 16.5. The molecule has 0 aromatic heterocycles. The molecule has 0 aliphatic rings. The van der Waals surface area contributed by atoms with Crippen molar-refractivity contribution < 1.29 is 9.53 Å². The van der Waals surface area contributed by atoms with Crippen molar-refractivity contribution in [3.63, 3.8) is 0 Å². The van der Waals surface area contributed by atoms with Crippen molar-refractivity contribution in [2.24, 2.45) is 0 Å². The molecule has 0 aliphatic carbocycles. The molecule has 0 amide bonds. The molecule has 6 heteroatoms. The molecular formula is C7H10Cl4O2. The van der Waals surface area contributed by atoms with Crippen LogP contribution in [0.5, 0.6) is 0 Å². The molecule has 0 rings (SSSR count). The Kier molecular flexibility index (Phi) is 5.76. The second-order valence-corrected chi connectivity index (χ2v) is 5.33. The number of methoxy groups -OCH3 is 1. The Morgan fingerprint density at radius 3 is 2.23 bits per heavy atom. The lowest BCUT2D eigenvalue weighted by molar-refractivity contribution is -0.141. The molecule has 0 spiro atoms. The van der Waals surface area contributed by atoms with Crippen LogP contribution < -0.4 is 0 Å². The van der Waals surface area contributed by atoms with Gasteiger partial charge in [-0.25, -0.2) is 4.79 Å². The minimum Gasteiger partial charge on any atom is -0.467 e. The number of esters is 1. The molecule has 0 saturated heterocycles. The van der Waals surface area contributed by atoms with Gasteiger partial charge in [-0.3, -0.25) is 0 Å². The molecule has 2 unspecified atom stereocenters. The third-order valence-corrected chi connectivity index (χ3v) is 3.02. The fourth-order valence-electron chi connectivity index (χ4n) is 0.640. The molecule has 78 valence electrons. The molecule has 2 atom stereocenters. The Bertz CT molecular complexity index is 181. The fourth-order valence-corrected chi connectivity index (χ4v) is 1.61. The second-order valence-electron chi connectivity index (χ2n) is 2.59. The van der Waals surface area contributed by atoms with Crippen molar-refractivity contribution in [2.75, 3.05) is 7.11 Å². The van der Waals surface area contributed by atoms with Crippen LogP contribution in [-0.4, -0.2) is 28.2 Å². The largest absolute Gasteiger partial charge is 0.467 e. The van der Waals surface area contributed by atoms with Gasteiger partial charge in [-0.15, -0.1) is 23.2 Å². The van der Waals surface area contributed by atoms with Gasteiger partial charge in [-0.05, 0) is 6.92 Å². The van der Waals surface area contributed by atoms with Crippen LogP contribution >= 0.6 is 46.4 Å². The maximum Gasteiger partial charge on any atom is 0.342 e. The monoisotopic (exact) mass is 266 g/mol. The minimum absolute atomic E-state index is 0.0506. The van der Waals surface area contributed by atoms with Gasteiger partial charge in [0.2, 0.25) is 4.33 Å². The first-order valence-corrected chi connectivity index (χ1v) is 5.18. The molecule has 0 heterocycles. The summed E-state index contributed by atoms with van der Waals surface area (Å²) in [7, 11) is 1.20. The summed E-state index contributed by atoms with van der Waals surface area (Å²) in [5.74, 6) is -0.723. The van der Waals surface area contributed by atoms with E-state index in [1.54, 1.807) is 6.92 Å². The van der Waals surface area contributed by atoms with Gasteiger partial charge in [0.05, 0.1) is 12.5 Å². The topological polar surface area (TPSA) is 26.3 Å². The van der Waals surface area contributed by atoms with Crippen molar-refractivity contribution in [3.05, 3.63) is 0 Å². The van der Waals surface area contributed by atoms with E-state index in [4.69, 9.17) is 46.4 Å². The second kappa shape index (κ2) is 5.50. The molecule has 0 aromatic rings. The lowest BCUT2D eigenvalue weighted by atomic mass is 10.2. The smallest absolute Gasteiger partial charge is 0.342 e. The molecule has 0 saturated carbocycles. The van der Waals surface area contributed by atoms with E-state index in [0.29, 0.717) is 0 Å². The van der Waals surface area contributed by atoms with E-state index in [9.17, 15) is 4.79 Å². The van der Waals surface area contributed by atoms with Crippen LogP contribution in [0.3, 0.4) is 0 Å². The van der Waals surface area contributed by atoms with Gasteiger partial charge < -0.3 is 4.74 Å². The SMILES string of the molecule is COC(=O)C(Cl)(Cl)CC(Cl)C(C)Cl. The van der Waals surface area contributed by atoms with Crippen LogP contribution in [0.15, 0.2) is 0 Å². The summed E-state index contributed by atoms with van der Waals surface area (Å²) >= 11 is 22.8. The average Bonchev–Trinajstić information content (AvgIpc) is 2.01. The number of rotatable bonds is 4. The van der Waals surface area contributed by atoms with Crippen molar-refractivity contribution in [1.29, 1.82) is 0 Å². The van der Waals surface area contributed by atoms with Crippen LogP contribution in [0.25, 0.3) is 0 Å². The van der Waals surface area contributed by atoms with E-state index in [1.807, 2.05) is 0 Å². The summed E-state index contributed by atoms with van der Waals surface area (Å²) in [6, 6.07) is 0. The zero-order valence-electron chi connectivity index (χ0n) is 7.19. The Hall–Kier alpha value is 0.630. The zero-order valence-corrected chi connectivity index (χ0v) is 10.2. The molecule has 0 radical (unpaired) electrons. The highest BCUT2D eigenvalue weighted by molar-refractivity contribution is 6.57. The van der Waals surface area contributed by atoms with Gasteiger partial charge in [-0.2, -0.15) is 0 Å². The quantitative estimate of drug-likeness (QED) is 0.578. The van der Waals surface area contributed by atoms with Gasteiger partial charge >= 0.3 is 5.97 Å².